The quantitative estimate of drug-likeness (QED) is 0.298. The fraction of sp³-hybridized carbons (Fsp3) is 0.375. The molecule has 0 heterocycles. The molecule has 0 unspecified atom stereocenters. The number of nitrogens with one attached hydrogen (secondary N) is 2. The van der Waals surface area contributed by atoms with E-state index in [0.717, 1.165) is 18.5 Å². The van der Waals surface area contributed by atoms with E-state index in [-0.39, 0.29) is 0 Å². The van der Waals surface area contributed by atoms with E-state index in [0.29, 0.717) is 6.54 Å². The maximum absolute atomic E-state index is 6.91. The van der Waals surface area contributed by atoms with Gasteiger partial charge in [-0.2, -0.15) is 0 Å². The van der Waals surface area contributed by atoms with Crippen LogP contribution in [0.1, 0.15) is 6.42 Å². The average molecular weight is 153 g/mol. The van der Waals surface area contributed by atoms with Gasteiger partial charge >= 0.3 is 0 Å². The van der Waals surface area contributed by atoms with Crippen molar-refractivity contribution in [3.05, 3.63) is 24.4 Å². The molecule has 0 aliphatic rings. The Balaban J connectivity index is 3.52. The normalized spacial score (nSPS) is 10.8. The summed E-state index contributed by atoms with van der Waals surface area (Å²) in [5.74, 6) is 0. The van der Waals surface area contributed by atoms with Crippen molar-refractivity contribution in [3.8, 4) is 0 Å². The molecule has 0 rings (SSSR count). The topological polar surface area (TPSA) is 61.9 Å². The summed E-state index contributed by atoms with van der Waals surface area (Å²) in [7, 11) is 0. The molecule has 0 aliphatic heterocycles. The summed E-state index contributed by atoms with van der Waals surface area (Å²) in [5, 5.41) is 9.93. The first-order chi connectivity index (χ1) is 5.35. The molecule has 11 heavy (non-hydrogen) atoms. The first-order valence-corrected chi connectivity index (χ1v) is 3.59. The van der Waals surface area contributed by atoms with Crippen LogP contribution < -0.4 is 11.1 Å². The van der Waals surface area contributed by atoms with Gasteiger partial charge in [0.15, 0.2) is 0 Å². The summed E-state index contributed by atoms with van der Waals surface area (Å²) in [4.78, 5) is 0. The van der Waals surface area contributed by atoms with Crippen molar-refractivity contribution in [2.45, 2.75) is 6.42 Å². The zero-order chi connectivity index (χ0) is 8.53. The zero-order valence-electron chi connectivity index (χ0n) is 6.64. The van der Waals surface area contributed by atoms with Gasteiger partial charge in [0.1, 0.15) is 0 Å². The second-order valence-corrected chi connectivity index (χ2v) is 2.10. The molecule has 0 radical (unpaired) electrons. The Labute approximate surface area is 67.5 Å². The van der Waals surface area contributed by atoms with Gasteiger partial charge in [0.2, 0.25) is 0 Å². The molecule has 0 aromatic rings. The maximum atomic E-state index is 6.91. The Hall–Kier alpha value is -1.09. The SMILES string of the molecule is C=CCCN/C=C(\C=N)CN. The van der Waals surface area contributed by atoms with Gasteiger partial charge in [0.25, 0.3) is 0 Å². The molecular weight excluding hydrogens is 138 g/mol. The van der Waals surface area contributed by atoms with Crippen LogP contribution in [0, 0.1) is 5.41 Å². The first kappa shape index (κ1) is 9.91. The predicted octanol–water partition coefficient (Wildman–Crippen LogP) is 0.644. The highest BCUT2D eigenvalue weighted by Gasteiger charge is 1.85. The van der Waals surface area contributed by atoms with Gasteiger partial charge in [-0.1, -0.05) is 6.08 Å². The standard InChI is InChI=1S/C8H15N3/c1-2-3-4-11-7-8(5-9)6-10/h2,5,7,9,11H,1,3-4,6,10H2/b8-7+,9-5?. The van der Waals surface area contributed by atoms with Crippen molar-refractivity contribution in [1.29, 1.82) is 5.41 Å². The third kappa shape index (κ3) is 5.36. The molecular formula is C8H15N3. The van der Waals surface area contributed by atoms with E-state index >= 15 is 0 Å². The lowest BCUT2D eigenvalue weighted by Crippen LogP contribution is -2.12. The fourth-order valence-corrected chi connectivity index (χ4v) is 0.548. The lowest BCUT2D eigenvalue weighted by atomic mass is 10.3. The summed E-state index contributed by atoms with van der Waals surface area (Å²) >= 11 is 0. The van der Waals surface area contributed by atoms with Crippen molar-refractivity contribution in [2.24, 2.45) is 5.73 Å². The predicted molar refractivity (Wildman–Crippen MR) is 48.7 cm³/mol. The van der Waals surface area contributed by atoms with E-state index < -0.39 is 0 Å². The van der Waals surface area contributed by atoms with E-state index in [9.17, 15) is 0 Å². The molecule has 0 bridgehead atoms. The number of rotatable bonds is 6. The maximum Gasteiger partial charge on any atom is 0.0237 e. The van der Waals surface area contributed by atoms with Crippen molar-refractivity contribution < 1.29 is 0 Å². The molecule has 0 saturated heterocycles. The van der Waals surface area contributed by atoms with Crippen molar-refractivity contribution >= 4 is 6.21 Å². The fourth-order valence-electron chi connectivity index (χ4n) is 0.548. The van der Waals surface area contributed by atoms with Crippen LogP contribution in [0.2, 0.25) is 0 Å². The summed E-state index contributed by atoms with van der Waals surface area (Å²) in [6.07, 6.45) is 5.77. The minimum Gasteiger partial charge on any atom is -0.390 e. The van der Waals surface area contributed by atoms with E-state index in [1.807, 2.05) is 6.08 Å². The largest absolute Gasteiger partial charge is 0.390 e. The second-order valence-electron chi connectivity index (χ2n) is 2.10. The van der Waals surface area contributed by atoms with Crippen LogP contribution >= 0.6 is 0 Å². The van der Waals surface area contributed by atoms with Gasteiger partial charge < -0.3 is 16.5 Å². The zero-order valence-corrected chi connectivity index (χ0v) is 6.64. The molecule has 0 aromatic carbocycles. The van der Waals surface area contributed by atoms with Crippen LogP contribution in [0.3, 0.4) is 0 Å². The molecule has 0 aliphatic carbocycles. The molecule has 0 fully saturated rings. The minimum atomic E-state index is 0.407. The molecule has 62 valence electrons. The van der Waals surface area contributed by atoms with Gasteiger partial charge in [-0.3, -0.25) is 0 Å². The summed E-state index contributed by atoms with van der Waals surface area (Å²) in [6, 6.07) is 0. The Morgan fingerprint density at radius 3 is 2.82 bits per heavy atom. The monoisotopic (exact) mass is 153 g/mol. The van der Waals surface area contributed by atoms with E-state index in [1.165, 1.54) is 6.21 Å². The van der Waals surface area contributed by atoms with Gasteiger partial charge in [-0.15, -0.1) is 6.58 Å². The highest BCUT2D eigenvalue weighted by Crippen LogP contribution is 1.82. The van der Waals surface area contributed by atoms with Crippen molar-refractivity contribution in [3.63, 3.8) is 0 Å². The third-order valence-corrected chi connectivity index (χ3v) is 1.20. The van der Waals surface area contributed by atoms with Crippen LogP contribution in [0.4, 0.5) is 0 Å². The number of hydrogen-bond acceptors (Lipinski definition) is 3. The smallest absolute Gasteiger partial charge is 0.0237 e. The van der Waals surface area contributed by atoms with Gasteiger partial charge in [0.05, 0.1) is 0 Å². The lowest BCUT2D eigenvalue weighted by Gasteiger charge is -1.98. The Morgan fingerprint density at radius 1 is 1.64 bits per heavy atom. The Morgan fingerprint density at radius 2 is 2.36 bits per heavy atom. The lowest BCUT2D eigenvalue weighted by molar-refractivity contribution is 0.847. The molecule has 4 N–H and O–H groups in total. The van der Waals surface area contributed by atoms with Crippen molar-refractivity contribution in [2.75, 3.05) is 13.1 Å². The van der Waals surface area contributed by atoms with Crippen LogP contribution in [-0.4, -0.2) is 19.3 Å². The van der Waals surface area contributed by atoms with E-state index in [1.54, 1.807) is 6.20 Å². The summed E-state index contributed by atoms with van der Waals surface area (Å²) < 4.78 is 0. The van der Waals surface area contributed by atoms with Crippen LogP contribution in [0.5, 0.6) is 0 Å². The Kier molecular flexibility index (Phi) is 6.33. The van der Waals surface area contributed by atoms with Gasteiger partial charge in [0, 0.05) is 25.5 Å². The second kappa shape index (κ2) is 7.02. The number of nitrogens with two attached hydrogens (primary N) is 1. The van der Waals surface area contributed by atoms with E-state index in [4.69, 9.17) is 11.1 Å². The molecule has 0 amide bonds. The van der Waals surface area contributed by atoms with Crippen molar-refractivity contribution in [1.82, 2.24) is 5.32 Å². The molecule has 0 atom stereocenters. The molecule has 0 spiro atoms. The Bertz CT molecular complexity index is 149. The molecule has 3 heteroatoms. The minimum absolute atomic E-state index is 0.407. The average Bonchev–Trinajstić information content (AvgIpc) is 2.05. The summed E-state index contributed by atoms with van der Waals surface area (Å²) in [5.41, 5.74) is 6.12. The highest BCUT2D eigenvalue weighted by molar-refractivity contribution is 5.75. The van der Waals surface area contributed by atoms with Gasteiger partial charge in [-0.05, 0) is 12.0 Å². The molecule has 0 aromatic heterocycles. The van der Waals surface area contributed by atoms with Gasteiger partial charge in [-0.25, -0.2) is 0 Å². The molecule has 0 saturated carbocycles. The first-order valence-electron chi connectivity index (χ1n) is 3.59. The van der Waals surface area contributed by atoms with E-state index in [2.05, 4.69) is 11.9 Å². The number of hydrogen-bond donors (Lipinski definition) is 3. The summed E-state index contributed by atoms with van der Waals surface area (Å²) in [6.45, 7) is 4.84. The van der Waals surface area contributed by atoms with Crippen LogP contribution in [0.15, 0.2) is 24.4 Å². The van der Waals surface area contributed by atoms with Crippen LogP contribution in [0.25, 0.3) is 0 Å². The third-order valence-electron chi connectivity index (χ3n) is 1.20. The highest BCUT2D eigenvalue weighted by atomic mass is 14.8. The van der Waals surface area contributed by atoms with Crippen LogP contribution in [-0.2, 0) is 0 Å². The molecule has 3 nitrogen and oxygen atoms in total.